The number of aryl methyl sites for hydroxylation is 1. The predicted octanol–water partition coefficient (Wildman–Crippen LogP) is 4.34. The monoisotopic (exact) mass is 433 g/mol. The number of guanidine groups is 1. The van der Waals surface area contributed by atoms with Crippen molar-refractivity contribution in [3.05, 3.63) is 38.5 Å². The number of nitrogens with zero attached hydrogens (tertiary/aromatic N) is 3. The van der Waals surface area contributed by atoms with Gasteiger partial charge in [0.1, 0.15) is 0 Å². The van der Waals surface area contributed by atoms with Gasteiger partial charge in [-0.3, -0.25) is 9.89 Å². The molecule has 0 aliphatic carbocycles. The molecule has 0 aromatic carbocycles. The van der Waals surface area contributed by atoms with Gasteiger partial charge in [-0.05, 0) is 56.6 Å². The summed E-state index contributed by atoms with van der Waals surface area (Å²) in [5, 5.41) is 12.6. The lowest BCUT2D eigenvalue weighted by atomic mass is 9.97. The molecule has 0 radical (unpaired) electrons. The number of thiazole rings is 1. The van der Waals surface area contributed by atoms with Crippen LogP contribution in [-0.4, -0.2) is 48.6 Å². The van der Waals surface area contributed by atoms with Gasteiger partial charge < -0.3 is 10.6 Å². The molecular weight excluding hydrogens is 398 g/mol. The Kier molecular flexibility index (Phi) is 8.95. The fourth-order valence-corrected chi connectivity index (χ4v) is 5.15. The number of aliphatic imine (C=N–C) groups is 1. The Labute approximate surface area is 183 Å². The molecule has 1 atom stereocenters. The van der Waals surface area contributed by atoms with Gasteiger partial charge in [-0.1, -0.05) is 19.9 Å². The second-order valence-corrected chi connectivity index (χ2v) is 9.74. The lowest BCUT2D eigenvalue weighted by Gasteiger charge is -2.31. The molecule has 1 aliphatic rings. The van der Waals surface area contributed by atoms with E-state index in [1.165, 1.54) is 28.4 Å². The summed E-state index contributed by atoms with van der Waals surface area (Å²) in [6.45, 7) is 12.6. The fraction of sp³-hybridized carbons (Fsp3) is 0.636. The first-order valence-corrected chi connectivity index (χ1v) is 12.6. The van der Waals surface area contributed by atoms with E-state index in [4.69, 9.17) is 9.98 Å². The summed E-state index contributed by atoms with van der Waals surface area (Å²) >= 11 is 3.61. The van der Waals surface area contributed by atoms with E-state index in [-0.39, 0.29) is 0 Å². The Bertz CT molecular complexity index is 732. The van der Waals surface area contributed by atoms with Crippen LogP contribution >= 0.6 is 22.7 Å². The minimum atomic E-state index is 0.465. The normalized spacial score (nSPS) is 17.4. The summed E-state index contributed by atoms with van der Waals surface area (Å²) in [5.74, 6) is 2.13. The van der Waals surface area contributed by atoms with Crippen molar-refractivity contribution in [3.8, 4) is 0 Å². The van der Waals surface area contributed by atoms with Crippen LogP contribution in [0.2, 0.25) is 0 Å². The number of hydrogen-bond acceptors (Lipinski definition) is 5. The van der Waals surface area contributed by atoms with E-state index in [1.54, 1.807) is 11.3 Å². The maximum absolute atomic E-state index is 4.82. The zero-order valence-corrected chi connectivity index (χ0v) is 19.6. The lowest BCUT2D eigenvalue weighted by molar-refractivity contribution is 0.176. The standard InChI is InChI=1S/C22H35N5S2/c1-4-21-26-19(16-29-21)15-27-10-8-18(9-11-27)14-25-22(23-5-2)24-13-17(3)20-7-6-12-28-20/h6-7,12,16-18H,4-5,8-11,13-15H2,1-3H3,(H2,23,24,25). The minimum Gasteiger partial charge on any atom is -0.357 e. The molecule has 7 heteroatoms. The van der Waals surface area contributed by atoms with Crippen LogP contribution in [0.25, 0.3) is 0 Å². The fourth-order valence-electron chi connectivity index (χ4n) is 3.63. The summed E-state index contributed by atoms with van der Waals surface area (Å²) in [4.78, 5) is 13.5. The Hall–Kier alpha value is -1.44. The molecule has 0 saturated carbocycles. The van der Waals surface area contributed by atoms with Gasteiger partial charge in [0.25, 0.3) is 0 Å². The molecule has 160 valence electrons. The van der Waals surface area contributed by atoms with Crippen molar-refractivity contribution < 1.29 is 0 Å². The van der Waals surface area contributed by atoms with E-state index in [0.29, 0.717) is 11.8 Å². The van der Waals surface area contributed by atoms with Gasteiger partial charge in [0.2, 0.25) is 0 Å². The van der Waals surface area contributed by atoms with Crippen LogP contribution in [0.15, 0.2) is 27.9 Å². The summed E-state index contributed by atoms with van der Waals surface area (Å²) in [7, 11) is 0. The smallest absolute Gasteiger partial charge is 0.191 e. The largest absolute Gasteiger partial charge is 0.357 e. The van der Waals surface area contributed by atoms with E-state index in [1.807, 2.05) is 11.3 Å². The van der Waals surface area contributed by atoms with E-state index >= 15 is 0 Å². The number of rotatable bonds is 9. The number of hydrogen-bond donors (Lipinski definition) is 2. The third-order valence-electron chi connectivity index (χ3n) is 5.45. The second kappa shape index (κ2) is 11.7. The Balaban J connectivity index is 1.40. The highest BCUT2D eigenvalue weighted by molar-refractivity contribution is 7.10. The highest BCUT2D eigenvalue weighted by Gasteiger charge is 2.20. The highest BCUT2D eigenvalue weighted by atomic mass is 32.1. The average molecular weight is 434 g/mol. The second-order valence-electron chi connectivity index (χ2n) is 7.82. The summed E-state index contributed by atoms with van der Waals surface area (Å²) in [5.41, 5.74) is 1.24. The first kappa shape index (κ1) is 22.2. The summed E-state index contributed by atoms with van der Waals surface area (Å²) in [6, 6.07) is 4.32. The first-order valence-electron chi connectivity index (χ1n) is 10.9. The van der Waals surface area contributed by atoms with Gasteiger partial charge in [-0.2, -0.15) is 0 Å². The number of thiophene rings is 1. The quantitative estimate of drug-likeness (QED) is 0.456. The molecule has 29 heavy (non-hydrogen) atoms. The molecule has 1 aliphatic heterocycles. The van der Waals surface area contributed by atoms with Gasteiger partial charge >= 0.3 is 0 Å². The number of piperidine rings is 1. The molecular formula is C22H35N5S2. The molecule has 1 unspecified atom stereocenters. The Morgan fingerprint density at radius 2 is 2.10 bits per heavy atom. The van der Waals surface area contributed by atoms with E-state index in [0.717, 1.165) is 51.6 Å². The third kappa shape index (κ3) is 7.08. The van der Waals surface area contributed by atoms with Crippen molar-refractivity contribution in [3.63, 3.8) is 0 Å². The molecule has 1 saturated heterocycles. The topological polar surface area (TPSA) is 52.6 Å². The van der Waals surface area contributed by atoms with Crippen molar-refractivity contribution in [2.45, 2.75) is 52.5 Å². The average Bonchev–Trinajstić information content (AvgIpc) is 3.43. The molecule has 0 spiro atoms. The van der Waals surface area contributed by atoms with Crippen LogP contribution in [0, 0.1) is 5.92 Å². The maximum Gasteiger partial charge on any atom is 0.191 e. The maximum atomic E-state index is 4.82. The highest BCUT2D eigenvalue weighted by Crippen LogP contribution is 2.21. The summed E-state index contributed by atoms with van der Waals surface area (Å²) < 4.78 is 0. The molecule has 2 aromatic heterocycles. The van der Waals surface area contributed by atoms with Gasteiger partial charge in [-0.15, -0.1) is 22.7 Å². The minimum absolute atomic E-state index is 0.465. The Morgan fingerprint density at radius 3 is 2.76 bits per heavy atom. The molecule has 1 fully saturated rings. The van der Waals surface area contributed by atoms with E-state index in [2.05, 4.69) is 59.2 Å². The Morgan fingerprint density at radius 1 is 1.28 bits per heavy atom. The van der Waals surface area contributed by atoms with Gasteiger partial charge in [0, 0.05) is 35.8 Å². The summed E-state index contributed by atoms with van der Waals surface area (Å²) in [6.07, 6.45) is 3.52. The molecule has 0 amide bonds. The van der Waals surface area contributed by atoms with Gasteiger partial charge in [0.05, 0.1) is 17.2 Å². The number of nitrogens with one attached hydrogen (secondary N) is 2. The van der Waals surface area contributed by atoms with Crippen molar-refractivity contribution in [2.75, 3.05) is 32.7 Å². The van der Waals surface area contributed by atoms with Crippen molar-refractivity contribution in [1.82, 2.24) is 20.5 Å². The molecule has 2 aromatic rings. The van der Waals surface area contributed by atoms with Crippen LogP contribution in [-0.2, 0) is 13.0 Å². The first-order chi connectivity index (χ1) is 14.2. The van der Waals surface area contributed by atoms with Crippen molar-refractivity contribution in [2.24, 2.45) is 10.9 Å². The van der Waals surface area contributed by atoms with E-state index in [9.17, 15) is 0 Å². The van der Waals surface area contributed by atoms with Crippen LogP contribution in [0.4, 0.5) is 0 Å². The van der Waals surface area contributed by atoms with Gasteiger partial charge in [-0.25, -0.2) is 4.98 Å². The third-order valence-corrected chi connectivity index (χ3v) is 7.59. The van der Waals surface area contributed by atoms with Crippen molar-refractivity contribution in [1.29, 1.82) is 0 Å². The van der Waals surface area contributed by atoms with Crippen LogP contribution in [0.1, 0.15) is 55.1 Å². The molecule has 5 nitrogen and oxygen atoms in total. The zero-order chi connectivity index (χ0) is 20.5. The van der Waals surface area contributed by atoms with Gasteiger partial charge in [0.15, 0.2) is 5.96 Å². The number of likely N-dealkylation sites (tertiary alicyclic amines) is 1. The molecule has 2 N–H and O–H groups in total. The molecule has 3 rings (SSSR count). The molecule has 3 heterocycles. The number of aromatic nitrogens is 1. The SMILES string of the molecule is CCNC(=NCC(C)c1cccs1)NCC1CCN(Cc2csc(CC)n2)CC1. The molecule has 0 bridgehead atoms. The lowest BCUT2D eigenvalue weighted by Crippen LogP contribution is -2.43. The van der Waals surface area contributed by atoms with Crippen LogP contribution < -0.4 is 10.6 Å². The van der Waals surface area contributed by atoms with Crippen molar-refractivity contribution >= 4 is 28.6 Å². The van der Waals surface area contributed by atoms with E-state index < -0.39 is 0 Å². The zero-order valence-electron chi connectivity index (χ0n) is 18.0. The van der Waals surface area contributed by atoms with Crippen LogP contribution in [0.5, 0.6) is 0 Å². The predicted molar refractivity (Wildman–Crippen MR) is 126 cm³/mol. The van der Waals surface area contributed by atoms with Crippen LogP contribution in [0.3, 0.4) is 0 Å².